The van der Waals surface area contributed by atoms with E-state index < -0.39 is 11.9 Å². The normalized spacial score (nSPS) is 13.5. The lowest BCUT2D eigenvalue weighted by Gasteiger charge is -2.14. The lowest BCUT2D eigenvalue weighted by Crippen LogP contribution is -2.22. The predicted molar refractivity (Wildman–Crippen MR) is 118 cm³/mol. The van der Waals surface area contributed by atoms with E-state index in [0.29, 0.717) is 10.7 Å². The molecule has 0 saturated heterocycles. The first-order chi connectivity index (χ1) is 14.7. The number of nitrogens with one attached hydrogen (secondary N) is 1. The second-order valence-electron chi connectivity index (χ2n) is 6.92. The van der Waals surface area contributed by atoms with Crippen LogP contribution in [-0.4, -0.2) is 39.4 Å². The molecule has 0 fully saturated rings. The molecular weight excluding hydrogens is 420 g/mol. The van der Waals surface area contributed by atoms with Gasteiger partial charge in [0.05, 0.1) is 11.1 Å². The van der Waals surface area contributed by atoms with E-state index in [0.717, 1.165) is 64.4 Å². The number of rotatable bonds is 6. The van der Waals surface area contributed by atoms with Crippen LogP contribution < -0.4 is 5.32 Å². The van der Waals surface area contributed by atoms with Crippen LogP contribution in [0.25, 0.3) is 10.9 Å². The Bertz CT molecular complexity index is 1080. The molecule has 1 amide bonds. The summed E-state index contributed by atoms with van der Waals surface area (Å²) in [5.74, 6) is -0.0388. The molecule has 0 atom stereocenters. The predicted octanol–water partition coefficient (Wildman–Crippen LogP) is 4.26. The van der Waals surface area contributed by atoms with Crippen molar-refractivity contribution in [1.82, 2.24) is 15.2 Å². The van der Waals surface area contributed by atoms with Gasteiger partial charge in [0, 0.05) is 11.1 Å². The average Bonchev–Trinajstić information content (AvgIpc) is 3.04. The van der Waals surface area contributed by atoms with Crippen molar-refractivity contribution in [3.8, 4) is 0 Å². The van der Waals surface area contributed by atoms with E-state index in [1.165, 1.54) is 11.3 Å². The third-order valence-electron chi connectivity index (χ3n) is 4.88. The van der Waals surface area contributed by atoms with E-state index in [-0.39, 0.29) is 6.61 Å². The zero-order valence-electron chi connectivity index (χ0n) is 16.6. The highest BCUT2D eigenvalue weighted by atomic mass is 32.2. The fraction of sp³-hybridized carbons (Fsp3) is 0.381. The number of esters is 1. The summed E-state index contributed by atoms with van der Waals surface area (Å²) in [6.45, 7) is 1.65. The van der Waals surface area contributed by atoms with Gasteiger partial charge in [-0.1, -0.05) is 54.6 Å². The molecule has 0 saturated carbocycles. The highest BCUT2D eigenvalue weighted by Gasteiger charge is 2.23. The van der Waals surface area contributed by atoms with Gasteiger partial charge >= 0.3 is 5.97 Å². The molecular formula is C21H22N4O3S2. The zero-order valence-corrected chi connectivity index (χ0v) is 18.3. The molecule has 9 heteroatoms. The van der Waals surface area contributed by atoms with Gasteiger partial charge in [-0.15, -0.1) is 10.2 Å². The number of hydrogen-bond donors (Lipinski definition) is 1. The van der Waals surface area contributed by atoms with Gasteiger partial charge in [-0.3, -0.25) is 15.1 Å². The van der Waals surface area contributed by atoms with Gasteiger partial charge < -0.3 is 4.74 Å². The zero-order chi connectivity index (χ0) is 20.9. The summed E-state index contributed by atoms with van der Waals surface area (Å²) in [5, 5.41) is 11.7. The van der Waals surface area contributed by atoms with Crippen molar-refractivity contribution in [2.45, 2.75) is 43.4 Å². The highest BCUT2D eigenvalue weighted by Crippen LogP contribution is 2.29. The van der Waals surface area contributed by atoms with Gasteiger partial charge in [0.2, 0.25) is 5.13 Å². The summed E-state index contributed by atoms with van der Waals surface area (Å²) >= 11 is 2.86. The lowest BCUT2D eigenvalue weighted by atomic mass is 9.97. The smallest absolute Gasteiger partial charge is 0.339 e. The number of benzene rings is 1. The third-order valence-corrected chi connectivity index (χ3v) is 6.73. The fourth-order valence-corrected chi connectivity index (χ4v) is 5.25. The number of carbonyl (C=O) groups excluding carboxylic acids is 2. The molecule has 4 rings (SSSR count). The summed E-state index contributed by atoms with van der Waals surface area (Å²) in [6, 6.07) is 7.59. The van der Waals surface area contributed by atoms with Crippen LogP contribution in [0, 0.1) is 0 Å². The van der Waals surface area contributed by atoms with Gasteiger partial charge in [-0.25, -0.2) is 4.79 Å². The van der Waals surface area contributed by atoms with Crippen LogP contribution in [-0.2, 0) is 22.4 Å². The van der Waals surface area contributed by atoms with Crippen molar-refractivity contribution in [3.05, 3.63) is 41.1 Å². The maximum atomic E-state index is 13.0. The molecule has 1 aliphatic carbocycles. The number of carbonyl (C=O) groups is 2. The number of ether oxygens (including phenoxy) is 1. The molecule has 0 radical (unpaired) electrons. The molecule has 2 heterocycles. The second kappa shape index (κ2) is 9.53. The van der Waals surface area contributed by atoms with Gasteiger partial charge in [0.25, 0.3) is 5.91 Å². The molecule has 30 heavy (non-hydrogen) atoms. The van der Waals surface area contributed by atoms with Gasteiger partial charge in [-0.2, -0.15) is 0 Å². The largest absolute Gasteiger partial charge is 0.452 e. The summed E-state index contributed by atoms with van der Waals surface area (Å²) in [7, 11) is 0. The fourth-order valence-electron chi connectivity index (χ4n) is 3.58. The van der Waals surface area contributed by atoms with Crippen LogP contribution in [0.1, 0.15) is 47.8 Å². The van der Waals surface area contributed by atoms with E-state index in [9.17, 15) is 9.59 Å². The van der Waals surface area contributed by atoms with E-state index in [2.05, 4.69) is 15.5 Å². The highest BCUT2D eigenvalue weighted by molar-refractivity contribution is 8.01. The minimum Gasteiger partial charge on any atom is -0.452 e. The van der Waals surface area contributed by atoms with Crippen molar-refractivity contribution >= 4 is 51.0 Å². The van der Waals surface area contributed by atoms with E-state index in [4.69, 9.17) is 9.72 Å². The summed E-state index contributed by atoms with van der Waals surface area (Å²) in [6.07, 6.45) is 4.85. The van der Waals surface area contributed by atoms with Crippen molar-refractivity contribution in [1.29, 1.82) is 0 Å². The van der Waals surface area contributed by atoms with E-state index >= 15 is 0 Å². The van der Waals surface area contributed by atoms with Crippen LogP contribution in [0.4, 0.5) is 5.13 Å². The number of thioether (sulfide) groups is 1. The Hall–Kier alpha value is -2.52. The third kappa shape index (κ3) is 4.62. The summed E-state index contributed by atoms with van der Waals surface area (Å²) in [4.78, 5) is 30.1. The topological polar surface area (TPSA) is 94.1 Å². The van der Waals surface area contributed by atoms with Crippen LogP contribution in [0.3, 0.4) is 0 Å². The van der Waals surface area contributed by atoms with Crippen molar-refractivity contribution < 1.29 is 14.3 Å². The van der Waals surface area contributed by atoms with Crippen LogP contribution >= 0.6 is 23.1 Å². The Labute approximate surface area is 182 Å². The monoisotopic (exact) mass is 442 g/mol. The Balaban J connectivity index is 1.51. The number of pyridine rings is 1. The number of aromatic nitrogens is 3. The number of aryl methyl sites for hydroxylation is 1. The molecule has 0 aliphatic heterocycles. The summed E-state index contributed by atoms with van der Waals surface area (Å²) in [5.41, 5.74) is 3.26. The number of hydrogen-bond acceptors (Lipinski definition) is 8. The van der Waals surface area contributed by atoms with E-state index in [1.54, 1.807) is 11.8 Å². The Kier molecular flexibility index (Phi) is 6.59. The number of anilines is 1. The van der Waals surface area contributed by atoms with Gasteiger partial charge in [0.15, 0.2) is 10.9 Å². The number of nitrogens with zero attached hydrogens (tertiary/aromatic N) is 3. The molecule has 7 nitrogen and oxygen atoms in total. The molecule has 1 aromatic carbocycles. The average molecular weight is 443 g/mol. The molecule has 0 spiro atoms. The quantitative estimate of drug-likeness (QED) is 0.264. The first-order valence-corrected chi connectivity index (χ1v) is 11.8. The molecule has 1 N–H and O–H groups in total. The minimum absolute atomic E-state index is 0.375. The van der Waals surface area contributed by atoms with Crippen LogP contribution in [0.15, 0.2) is 28.6 Å². The number of para-hydroxylation sites is 1. The van der Waals surface area contributed by atoms with Gasteiger partial charge in [-0.05, 0) is 43.1 Å². The lowest BCUT2D eigenvalue weighted by molar-refractivity contribution is -0.119. The standard InChI is InChI=1S/C21H22N4O3S2/c1-2-29-21-25-24-20(30-21)23-17(26)12-28-19(27)18-13-8-4-3-5-10-15(13)22-16-11-7-6-9-14(16)18/h6-7,9,11H,2-5,8,10,12H2,1H3,(H,23,24,26). The Morgan fingerprint density at radius 3 is 2.87 bits per heavy atom. The van der Waals surface area contributed by atoms with E-state index in [1.807, 2.05) is 31.2 Å². The maximum Gasteiger partial charge on any atom is 0.339 e. The van der Waals surface area contributed by atoms with Crippen molar-refractivity contribution in [2.75, 3.05) is 17.7 Å². The number of fused-ring (bicyclic) bond motifs is 2. The Morgan fingerprint density at radius 2 is 2.00 bits per heavy atom. The minimum atomic E-state index is -0.485. The van der Waals surface area contributed by atoms with Crippen molar-refractivity contribution in [3.63, 3.8) is 0 Å². The SMILES string of the molecule is CCSc1nnc(NC(=O)COC(=O)c2c3c(nc4ccccc24)CCCCC3)s1. The molecule has 2 aromatic heterocycles. The molecule has 1 aliphatic rings. The number of amides is 1. The summed E-state index contributed by atoms with van der Waals surface area (Å²) < 4.78 is 6.19. The molecule has 0 bridgehead atoms. The van der Waals surface area contributed by atoms with Gasteiger partial charge in [0.1, 0.15) is 0 Å². The van der Waals surface area contributed by atoms with Crippen molar-refractivity contribution in [2.24, 2.45) is 0 Å². The first-order valence-electron chi connectivity index (χ1n) is 9.99. The molecule has 0 unspecified atom stereocenters. The molecule has 3 aromatic rings. The Morgan fingerprint density at radius 1 is 1.17 bits per heavy atom. The maximum absolute atomic E-state index is 13.0. The first kappa shape index (κ1) is 20.7. The second-order valence-corrected chi connectivity index (χ2v) is 9.41. The molecule has 156 valence electrons. The van der Waals surface area contributed by atoms with Crippen LogP contribution in [0.5, 0.6) is 0 Å². The van der Waals surface area contributed by atoms with Crippen LogP contribution in [0.2, 0.25) is 0 Å².